The number of carbonyl (C=O) groups excluding carboxylic acids is 1. The zero-order valence-corrected chi connectivity index (χ0v) is 14.8. The number of hydrogen-bond acceptors (Lipinski definition) is 4. The summed E-state index contributed by atoms with van der Waals surface area (Å²) in [5, 5.41) is 0. The Kier molecular flexibility index (Phi) is 4.85. The van der Waals surface area contributed by atoms with Gasteiger partial charge in [-0.2, -0.15) is 0 Å². The fraction of sp³-hybridized carbons (Fsp3) is 0.462. The molecule has 0 spiro atoms. The van der Waals surface area contributed by atoms with Crippen LogP contribution in [0.15, 0.2) is 21.5 Å². The first kappa shape index (κ1) is 16.6. The molecule has 0 radical (unpaired) electrons. The zero-order valence-electron chi connectivity index (χ0n) is 11.6. The summed E-state index contributed by atoms with van der Waals surface area (Å²) in [4.78, 5) is 13.9. The van der Waals surface area contributed by atoms with Gasteiger partial charge in [-0.05, 0) is 47.3 Å². The summed E-state index contributed by atoms with van der Waals surface area (Å²) in [6.45, 7) is 0. The molecule has 5 nitrogen and oxygen atoms in total. The van der Waals surface area contributed by atoms with Gasteiger partial charge in [-0.3, -0.25) is 4.79 Å². The molecule has 1 aromatic carbocycles. The average molecular weight is 397 g/mol. The lowest BCUT2D eigenvalue weighted by atomic mass is 9.91. The molecule has 116 valence electrons. The lowest BCUT2D eigenvalue weighted by molar-refractivity contribution is 0.0651. The standard InChI is InChI=1S/C13H15BrClNO4S/c1-16(9-4-3-5-9)13(17)8-6-10(14)12(20-2)11(7-8)21(15,18)19/h6-7,9H,3-5H2,1-2H3. The van der Waals surface area contributed by atoms with Crippen LogP contribution in [0.2, 0.25) is 0 Å². The summed E-state index contributed by atoms with van der Waals surface area (Å²) in [6, 6.07) is 3.01. The van der Waals surface area contributed by atoms with Crippen molar-refractivity contribution in [3.8, 4) is 5.75 Å². The Morgan fingerprint density at radius 2 is 2.05 bits per heavy atom. The van der Waals surface area contributed by atoms with E-state index in [-0.39, 0.29) is 28.2 Å². The monoisotopic (exact) mass is 395 g/mol. The second-order valence-electron chi connectivity index (χ2n) is 4.93. The molecule has 1 amide bonds. The lowest BCUT2D eigenvalue weighted by Crippen LogP contribution is -2.41. The second-order valence-corrected chi connectivity index (χ2v) is 8.32. The average Bonchev–Trinajstić information content (AvgIpc) is 2.33. The van der Waals surface area contributed by atoms with Crippen molar-refractivity contribution in [2.24, 2.45) is 0 Å². The van der Waals surface area contributed by atoms with E-state index in [2.05, 4.69) is 15.9 Å². The van der Waals surface area contributed by atoms with Crippen LogP contribution in [0.5, 0.6) is 5.75 Å². The molecular weight excluding hydrogens is 382 g/mol. The van der Waals surface area contributed by atoms with E-state index in [0.29, 0.717) is 4.47 Å². The van der Waals surface area contributed by atoms with Crippen molar-refractivity contribution < 1.29 is 17.9 Å². The van der Waals surface area contributed by atoms with Crippen LogP contribution in [0.25, 0.3) is 0 Å². The summed E-state index contributed by atoms with van der Waals surface area (Å²) in [5.41, 5.74) is 0.260. The van der Waals surface area contributed by atoms with Crippen LogP contribution in [-0.2, 0) is 9.05 Å². The molecule has 0 heterocycles. The number of halogens is 2. The molecule has 1 fully saturated rings. The summed E-state index contributed by atoms with van der Waals surface area (Å²) >= 11 is 3.22. The first-order valence-corrected chi connectivity index (χ1v) is 9.45. The van der Waals surface area contributed by atoms with E-state index in [1.807, 2.05) is 0 Å². The van der Waals surface area contributed by atoms with E-state index >= 15 is 0 Å². The van der Waals surface area contributed by atoms with Crippen LogP contribution in [0.4, 0.5) is 0 Å². The number of methoxy groups -OCH3 is 1. The van der Waals surface area contributed by atoms with Gasteiger partial charge in [0.15, 0.2) is 5.75 Å². The van der Waals surface area contributed by atoms with E-state index in [4.69, 9.17) is 15.4 Å². The minimum atomic E-state index is -4.02. The number of ether oxygens (including phenoxy) is 1. The van der Waals surface area contributed by atoms with Gasteiger partial charge in [0.1, 0.15) is 4.90 Å². The number of hydrogen-bond donors (Lipinski definition) is 0. The van der Waals surface area contributed by atoms with Gasteiger partial charge in [0.25, 0.3) is 15.0 Å². The molecule has 0 bridgehead atoms. The normalized spacial score (nSPS) is 15.4. The maximum Gasteiger partial charge on any atom is 0.265 e. The van der Waals surface area contributed by atoms with Crippen molar-refractivity contribution in [3.63, 3.8) is 0 Å². The third kappa shape index (κ3) is 3.35. The highest BCUT2D eigenvalue weighted by molar-refractivity contribution is 9.10. The molecule has 21 heavy (non-hydrogen) atoms. The molecular formula is C13H15BrClNO4S. The van der Waals surface area contributed by atoms with Gasteiger partial charge in [0.05, 0.1) is 11.6 Å². The molecule has 0 N–H and O–H groups in total. The molecule has 8 heteroatoms. The third-order valence-electron chi connectivity index (χ3n) is 3.67. The summed E-state index contributed by atoms with van der Waals surface area (Å²) in [7, 11) is 4.47. The third-order valence-corrected chi connectivity index (χ3v) is 5.58. The fourth-order valence-electron chi connectivity index (χ4n) is 2.21. The maximum absolute atomic E-state index is 12.4. The van der Waals surface area contributed by atoms with E-state index in [0.717, 1.165) is 19.3 Å². The molecule has 1 aromatic rings. The van der Waals surface area contributed by atoms with Crippen molar-refractivity contribution in [3.05, 3.63) is 22.2 Å². The van der Waals surface area contributed by atoms with Gasteiger partial charge in [0.2, 0.25) is 0 Å². The van der Waals surface area contributed by atoms with E-state index in [1.165, 1.54) is 13.2 Å². The summed E-state index contributed by atoms with van der Waals surface area (Å²) in [5.74, 6) is -0.141. The SMILES string of the molecule is COc1c(Br)cc(C(=O)N(C)C2CCC2)cc1S(=O)(=O)Cl. The Labute approximate surface area is 136 Å². The second kappa shape index (κ2) is 6.14. The highest BCUT2D eigenvalue weighted by atomic mass is 79.9. The molecule has 2 rings (SSSR count). The number of nitrogens with zero attached hydrogens (tertiary/aromatic N) is 1. The molecule has 0 aromatic heterocycles. The maximum atomic E-state index is 12.4. The Morgan fingerprint density at radius 3 is 2.48 bits per heavy atom. The van der Waals surface area contributed by atoms with E-state index in [9.17, 15) is 13.2 Å². The minimum absolute atomic E-state index is 0.0906. The first-order valence-electron chi connectivity index (χ1n) is 6.35. The summed E-state index contributed by atoms with van der Waals surface area (Å²) in [6.07, 6.45) is 3.05. The van der Waals surface area contributed by atoms with Gasteiger partial charge in [-0.25, -0.2) is 8.42 Å². The molecule has 0 atom stereocenters. The van der Waals surface area contributed by atoms with Gasteiger partial charge < -0.3 is 9.64 Å². The number of carbonyl (C=O) groups is 1. The highest BCUT2D eigenvalue weighted by Gasteiger charge is 2.28. The molecule has 1 saturated carbocycles. The summed E-state index contributed by atoms with van der Waals surface area (Å²) < 4.78 is 28.7. The van der Waals surface area contributed by atoms with Gasteiger partial charge in [0, 0.05) is 29.3 Å². The van der Waals surface area contributed by atoms with Crippen LogP contribution >= 0.6 is 26.6 Å². The predicted octanol–water partition coefficient (Wildman–Crippen LogP) is 3.01. The van der Waals surface area contributed by atoms with Gasteiger partial charge >= 0.3 is 0 Å². The molecule has 0 aliphatic heterocycles. The molecule has 0 saturated heterocycles. The van der Waals surface area contributed by atoms with Crippen molar-refractivity contribution in [2.75, 3.05) is 14.2 Å². The van der Waals surface area contributed by atoms with Crippen molar-refractivity contribution in [1.29, 1.82) is 0 Å². The predicted molar refractivity (Wildman–Crippen MR) is 83.5 cm³/mol. The quantitative estimate of drug-likeness (QED) is 0.734. The zero-order chi connectivity index (χ0) is 15.8. The van der Waals surface area contributed by atoms with Crippen molar-refractivity contribution in [2.45, 2.75) is 30.2 Å². The number of rotatable bonds is 4. The van der Waals surface area contributed by atoms with Crippen molar-refractivity contribution >= 4 is 41.6 Å². The number of benzene rings is 1. The number of amides is 1. The minimum Gasteiger partial charge on any atom is -0.494 e. The topological polar surface area (TPSA) is 63.7 Å². The highest BCUT2D eigenvalue weighted by Crippen LogP contribution is 2.36. The van der Waals surface area contributed by atoms with Crippen molar-refractivity contribution in [1.82, 2.24) is 4.90 Å². The molecule has 0 unspecified atom stereocenters. The van der Waals surface area contributed by atoms with E-state index < -0.39 is 9.05 Å². The molecule has 1 aliphatic carbocycles. The lowest BCUT2D eigenvalue weighted by Gasteiger charge is -2.34. The van der Waals surface area contributed by atoms with Gasteiger partial charge in [-0.15, -0.1) is 0 Å². The van der Waals surface area contributed by atoms with E-state index in [1.54, 1.807) is 18.0 Å². The fourth-order valence-corrected chi connectivity index (χ4v) is 3.99. The Bertz CT molecular complexity index is 673. The molecule has 1 aliphatic rings. The first-order chi connectivity index (χ1) is 9.75. The van der Waals surface area contributed by atoms with Crippen LogP contribution < -0.4 is 4.74 Å². The Hall–Kier alpha value is -0.790. The Balaban J connectivity index is 2.45. The largest absolute Gasteiger partial charge is 0.494 e. The smallest absolute Gasteiger partial charge is 0.265 e. The van der Waals surface area contributed by atoms with Crippen LogP contribution in [0.3, 0.4) is 0 Å². The Morgan fingerprint density at radius 1 is 1.43 bits per heavy atom. The van der Waals surface area contributed by atoms with Crippen LogP contribution in [0.1, 0.15) is 29.6 Å². The van der Waals surface area contributed by atoms with Crippen LogP contribution in [0, 0.1) is 0 Å². The van der Waals surface area contributed by atoms with Crippen LogP contribution in [-0.4, -0.2) is 39.4 Å². The van der Waals surface area contributed by atoms with Gasteiger partial charge in [-0.1, -0.05) is 0 Å².